The molecule has 256 valence electrons. The fourth-order valence-electron chi connectivity index (χ4n) is 5.09. The van der Waals surface area contributed by atoms with Gasteiger partial charge in [0.15, 0.2) is 0 Å². The summed E-state index contributed by atoms with van der Waals surface area (Å²) in [6, 6.07) is 6.07. The summed E-state index contributed by atoms with van der Waals surface area (Å²) in [7, 11) is 1.34. The molecular formula is C31H28ClF6N5O5. The monoisotopic (exact) mass is 699 g/mol. The molecule has 0 aliphatic heterocycles. The molecule has 0 radical (unpaired) electrons. The van der Waals surface area contributed by atoms with E-state index in [1.165, 1.54) is 26.2 Å². The van der Waals surface area contributed by atoms with Crippen LogP contribution in [-0.4, -0.2) is 58.1 Å². The second-order valence-corrected chi connectivity index (χ2v) is 11.5. The van der Waals surface area contributed by atoms with Crippen molar-refractivity contribution >= 4 is 34.3 Å². The van der Waals surface area contributed by atoms with Gasteiger partial charge in [-0.25, -0.2) is 4.98 Å². The summed E-state index contributed by atoms with van der Waals surface area (Å²) in [6.07, 6.45) is -7.66. The highest BCUT2D eigenvalue weighted by molar-refractivity contribution is 6.31. The summed E-state index contributed by atoms with van der Waals surface area (Å²) in [5.41, 5.74) is -1.96. The molecule has 2 aromatic carbocycles. The standard InChI is InChI=1S/C31H28ClF6N5O5/c1-3-48-27-16(12-24(39)44)11-23(41-26(27)15-4-7-21(32)20(9-15)30(33,34)35)29(46,31(36,37)38)14-40-28(45)17-8-18-13-43(19-5-6-19)42-25(18)22(10-17)47-2/h4,7-11,13,19,46H,3,5-6,12,14H2,1-2H3,(H2,39,44)(H,40,45)/t29-/m0/s1. The summed E-state index contributed by atoms with van der Waals surface area (Å²) < 4.78 is 98.0. The number of hydrogen-bond donors (Lipinski definition) is 3. The van der Waals surface area contributed by atoms with Gasteiger partial charge in [0.1, 0.15) is 22.7 Å². The third kappa shape index (κ3) is 6.85. The van der Waals surface area contributed by atoms with Gasteiger partial charge in [-0.2, -0.15) is 31.4 Å². The number of aliphatic hydroxyl groups is 1. The lowest BCUT2D eigenvalue weighted by atomic mass is 9.93. The minimum Gasteiger partial charge on any atom is -0.494 e. The molecule has 2 heterocycles. The molecule has 4 N–H and O–H groups in total. The molecule has 17 heteroatoms. The number of alkyl halides is 6. The number of carbonyl (C=O) groups is 2. The molecule has 1 aliphatic carbocycles. The van der Waals surface area contributed by atoms with Crippen molar-refractivity contribution in [1.82, 2.24) is 20.1 Å². The van der Waals surface area contributed by atoms with Crippen LogP contribution in [0.1, 0.15) is 53.0 Å². The second kappa shape index (κ2) is 12.8. The molecule has 5 rings (SSSR count). The SMILES string of the molecule is CCOc1c(CC(N)=O)cc([C@@](O)(CNC(=O)c2cc(OC)c3nn(C4CC4)cc3c2)C(F)(F)F)nc1-c1ccc(Cl)c(C(F)(F)F)c1. The number of fused-ring (bicyclic) bond motifs is 1. The summed E-state index contributed by atoms with van der Waals surface area (Å²) >= 11 is 5.75. The summed E-state index contributed by atoms with van der Waals surface area (Å²) in [5.74, 6) is -2.19. The van der Waals surface area contributed by atoms with E-state index in [2.05, 4.69) is 15.4 Å². The van der Waals surface area contributed by atoms with Crippen molar-refractivity contribution in [2.45, 2.75) is 50.2 Å². The van der Waals surface area contributed by atoms with Crippen LogP contribution in [0.15, 0.2) is 42.6 Å². The molecule has 1 atom stereocenters. The lowest BCUT2D eigenvalue weighted by Gasteiger charge is -2.31. The maximum absolute atomic E-state index is 14.7. The highest BCUT2D eigenvalue weighted by atomic mass is 35.5. The number of methoxy groups -OCH3 is 1. The van der Waals surface area contributed by atoms with E-state index in [1.54, 1.807) is 10.9 Å². The van der Waals surface area contributed by atoms with Gasteiger partial charge >= 0.3 is 12.4 Å². The number of carbonyl (C=O) groups excluding carboxylic acids is 2. The number of nitrogens with zero attached hydrogens (tertiary/aromatic N) is 3. The third-order valence-electron chi connectivity index (χ3n) is 7.64. The summed E-state index contributed by atoms with van der Waals surface area (Å²) in [5, 5.41) is 17.6. The minimum atomic E-state index is -5.51. The molecule has 0 spiro atoms. The Bertz CT molecular complexity index is 1890. The molecule has 2 amide bonds. The van der Waals surface area contributed by atoms with Gasteiger partial charge in [-0.15, -0.1) is 0 Å². The van der Waals surface area contributed by atoms with E-state index in [0.717, 1.165) is 25.0 Å². The molecule has 0 unspecified atom stereocenters. The molecule has 10 nitrogen and oxygen atoms in total. The van der Waals surface area contributed by atoms with E-state index in [0.29, 0.717) is 23.0 Å². The van der Waals surface area contributed by atoms with E-state index in [9.17, 15) is 41.0 Å². The van der Waals surface area contributed by atoms with E-state index >= 15 is 0 Å². The fraction of sp³-hybridized carbons (Fsp3) is 0.355. The van der Waals surface area contributed by atoms with E-state index in [4.69, 9.17) is 26.8 Å². The Balaban J connectivity index is 1.59. The first-order chi connectivity index (χ1) is 22.5. The number of pyridine rings is 1. The number of hydrogen-bond acceptors (Lipinski definition) is 7. The Morgan fingerprint density at radius 1 is 1.12 bits per heavy atom. The van der Waals surface area contributed by atoms with Crippen LogP contribution in [0.4, 0.5) is 26.3 Å². The van der Waals surface area contributed by atoms with Crippen molar-refractivity contribution in [3.05, 3.63) is 70.0 Å². The summed E-state index contributed by atoms with van der Waals surface area (Å²) in [6.45, 7) is -0.131. The predicted octanol–water partition coefficient (Wildman–Crippen LogP) is 5.72. The van der Waals surface area contributed by atoms with Crippen molar-refractivity contribution in [3.8, 4) is 22.8 Å². The number of halogens is 7. The molecule has 2 aromatic heterocycles. The molecule has 0 saturated heterocycles. The number of ether oxygens (including phenoxy) is 2. The largest absolute Gasteiger partial charge is 0.494 e. The molecule has 48 heavy (non-hydrogen) atoms. The Morgan fingerprint density at radius 2 is 1.83 bits per heavy atom. The quantitative estimate of drug-likeness (QED) is 0.170. The van der Waals surface area contributed by atoms with Crippen LogP contribution in [0.25, 0.3) is 22.2 Å². The fourth-order valence-corrected chi connectivity index (χ4v) is 5.31. The average molecular weight is 700 g/mol. The van der Waals surface area contributed by atoms with Crippen LogP contribution in [0.5, 0.6) is 11.5 Å². The number of aromatic nitrogens is 3. The number of nitrogens with one attached hydrogen (secondary N) is 1. The van der Waals surface area contributed by atoms with E-state index in [1.807, 2.05) is 0 Å². The first-order valence-corrected chi connectivity index (χ1v) is 14.8. The lowest BCUT2D eigenvalue weighted by molar-refractivity contribution is -0.265. The highest BCUT2D eigenvalue weighted by Gasteiger charge is 2.57. The molecule has 4 aromatic rings. The molecule has 1 saturated carbocycles. The van der Waals surface area contributed by atoms with Crippen LogP contribution >= 0.6 is 11.6 Å². The molecular weight excluding hydrogens is 672 g/mol. The van der Waals surface area contributed by atoms with Gasteiger partial charge in [0.05, 0.1) is 49.0 Å². The first kappa shape index (κ1) is 34.8. The van der Waals surface area contributed by atoms with Crippen LogP contribution in [-0.2, 0) is 23.0 Å². The van der Waals surface area contributed by atoms with Crippen LogP contribution < -0.4 is 20.5 Å². The Kier molecular flexibility index (Phi) is 9.27. The van der Waals surface area contributed by atoms with Gasteiger partial charge in [-0.05, 0) is 50.1 Å². The van der Waals surface area contributed by atoms with Crippen molar-refractivity contribution in [3.63, 3.8) is 0 Å². The van der Waals surface area contributed by atoms with E-state index < -0.39 is 64.7 Å². The number of primary amides is 1. The zero-order chi connectivity index (χ0) is 35.2. The first-order valence-electron chi connectivity index (χ1n) is 14.4. The van der Waals surface area contributed by atoms with Gasteiger partial charge in [0.25, 0.3) is 5.91 Å². The Labute approximate surface area is 273 Å². The Hall–Kier alpha value is -4.57. The van der Waals surface area contributed by atoms with Gasteiger partial charge in [0, 0.05) is 28.3 Å². The second-order valence-electron chi connectivity index (χ2n) is 11.1. The van der Waals surface area contributed by atoms with Gasteiger partial charge in [-0.3, -0.25) is 14.3 Å². The smallest absolute Gasteiger partial charge is 0.424 e. The van der Waals surface area contributed by atoms with E-state index in [-0.39, 0.29) is 40.8 Å². The van der Waals surface area contributed by atoms with Gasteiger partial charge < -0.3 is 25.6 Å². The highest BCUT2D eigenvalue weighted by Crippen LogP contribution is 2.44. The normalized spacial score (nSPS) is 14.9. The van der Waals surface area contributed by atoms with Gasteiger partial charge in [0.2, 0.25) is 11.5 Å². The number of rotatable bonds is 11. The molecule has 1 aliphatic rings. The number of nitrogens with two attached hydrogens (primary N) is 1. The van der Waals surface area contributed by atoms with Crippen LogP contribution in [0.3, 0.4) is 0 Å². The molecule has 1 fully saturated rings. The average Bonchev–Trinajstić information content (AvgIpc) is 3.77. The van der Waals surface area contributed by atoms with Crippen LogP contribution in [0, 0.1) is 0 Å². The predicted molar refractivity (Wildman–Crippen MR) is 161 cm³/mol. The van der Waals surface area contributed by atoms with Crippen molar-refractivity contribution in [2.75, 3.05) is 20.3 Å². The zero-order valence-corrected chi connectivity index (χ0v) is 26.1. The van der Waals surface area contributed by atoms with Gasteiger partial charge in [-0.1, -0.05) is 17.7 Å². The zero-order valence-electron chi connectivity index (χ0n) is 25.3. The Morgan fingerprint density at radius 3 is 2.42 bits per heavy atom. The van der Waals surface area contributed by atoms with Crippen molar-refractivity contribution < 1.29 is 50.5 Å². The minimum absolute atomic E-state index is 0.102. The van der Waals surface area contributed by atoms with Crippen molar-refractivity contribution in [1.29, 1.82) is 0 Å². The number of amides is 2. The lowest BCUT2D eigenvalue weighted by Crippen LogP contribution is -2.51. The van der Waals surface area contributed by atoms with Crippen molar-refractivity contribution in [2.24, 2.45) is 5.73 Å². The number of benzene rings is 2. The van der Waals surface area contributed by atoms with Crippen LogP contribution in [0.2, 0.25) is 5.02 Å². The summed E-state index contributed by atoms with van der Waals surface area (Å²) in [4.78, 5) is 29.1. The topological polar surface area (TPSA) is 142 Å². The maximum Gasteiger partial charge on any atom is 0.424 e. The maximum atomic E-state index is 14.7. The third-order valence-corrected chi connectivity index (χ3v) is 7.97. The molecule has 0 bridgehead atoms.